The quantitative estimate of drug-likeness (QED) is 0.504. The van der Waals surface area contributed by atoms with Crippen molar-refractivity contribution in [2.45, 2.75) is 39.8 Å². The lowest BCUT2D eigenvalue weighted by Gasteiger charge is -2.32. The third-order valence-electron chi connectivity index (χ3n) is 6.80. The Kier molecular flexibility index (Phi) is 6.18. The first-order chi connectivity index (χ1) is 16.3. The molecule has 7 nitrogen and oxygen atoms in total. The van der Waals surface area contributed by atoms with Gasteiger partial charge in [-0.3, -0.25) is 0 Å². The van der Waals surface area contributed by atoms with Gasteiger partial charge in [0.2, 0.25) is 0 Å². The molecule has 0 atom stereocenters. The Morgan fingerprint density at radius 3 is 2.41 bits per heavy atom. The average Bonchev–Trinajstić information content (AvgIpc) is 3.39. The minimum absolute atomic E-state index is 0.255. The molecule has 1 saturated heterocycles. The van der Waals surface area contributed by atoms with Crippen molar-refractivity contribution >= 4 is 21.8 Å². The molecule has 9 heteroatoms. The molecule has 0 unspecified atom stereocenters. The lowest BCUT2D eigenvalue weighted by molar-refractivity contribution is 0.264. The first kappa shape index (κ1) is 23.4. The van der Waals surface area contributed by atoms with Gasteiger partial charge < -0.3 is 4.74 Å². The van der Waals surface area contributed by atoms with Crippen molar-refractivity contribution in [2.75, 3.05) is 20.2 Å². The number of methoxy groups -OCH3 is 1. The molecule has 34 heavy (non-hydrogen) atoms. The Balaban J connectivity index is 1.57. The van der Waals surface area contributed by atoms with E-state index in [1.54, 1.807) is 15.7 Å². The van der Waals surface area contributed by atoms with Crippen molar-refractivity contribution in [3.05, 3.63) is 64.3 Å². The summed E-state index contributed by atoms with van der Waals surface area (Å²) >= 11 is 6.16. The van der Waals surface area contributed by atoms with Crippen molar-refractivity contribution in [3.8, 4) is 22.7 Å². The van der Waals surface area contributed by atoms with Crippen LogP contribution in [0.25, 0.3) is 16.9 Å². The van der Waals surface area contributed by atoms with Crippen molar-refractivity contribution in [3.63, 3.8) is 0 Å². The highest BCUT2D eigenvalue weighted by molar-refractivity contribution is 7.86. The van der Waals surface area contributed by atoms with Crippen LogP contribution in [0.5, 0.6) is 5.75 Å². The highest BCUT2D eigenvalue weighted by Crippen LogP contribution is 2.38. The van der Waals surface area contributed by atoms with Gasteiger partial charge in [0, 0.05) is 35.8 Å². The second-order valence-corrected chi connectivity index (χ2v) is 11.6. The molecule has 3 aromatic rings. The minimum Gasteiger partial charge on any atom is -0.494 e. The van der Waals surface area contributed by atoms with E-state index in [-0.39, 0.29) is 13.1 Å². The van der Waals surface area contributed by atoms with Gasteiger partial charge in [-0.05, 0) is 55.5 Å². The molecule has 1 aromatic heterocycles. The maximum atomic E-state index is 13.4. The number of hydrogen-bond donors (Lipinski definition) is 0. The highest BCUT2D eigenvalue weighted by Gasteiger charge is 2.39. The number of ether oxygens (including phenoxy) is 1. The Morgan fingerprint density at radius 2 is 1.74 bits per heavy atom. The number of aryl methyl sites for hydroxylation is 1. The summed E-state index contributed by atoms with van der Waals surface area (Å²) in [6, 6.07) is 13.5. The monoisotopic (exact) mass is 500 g/mol. The van der Waals surface area contributed by atoms with Gasteiger partial charge in [0.1, 0.15) is 11.4 Å². The molecule has 2 aliphatic heterocycles. The van der Waals surface area contributed by atoms with Gasteiger partial charge >= 0.3 is 0 Å². The van der Waals surface area contributed by atoms with Gasteiger partial charge in [-0.25, -0.2) is 4.68 Å². The van der Waals surface area contributed by atoms with E-state index in [1.807, 2.05) is 54.1 Å². The van der Waals surface area contributed by atoms with Gasteiger partial charge in [-0.2, -0.15) is 22.1 Å². The number of fused-ring (bicyclic) bond motifs is 1. The molecule has 180 valence electrons. The van der Waals surface area contributed by atoms with Crippen molar-refractivity contribution < 1.29 is 13.2 Å². The lowest BCUT2D eigenvalue weighted by atomic mass is 10.0. The zero-order valence-electron chi connectivity index (χ0n) is 19.7. The van der Waals surface area contributed by atoms with E-state index in [9.17, 15) is 8.42 Å². The molecule has 2 aromatic carbocycles. The third-order valence-corrected chi connectivity index (χ3v) is 8.98. The summed E-state index contributed by atoms with van der Waals surface area (Å²) in [6.45, 7) is 5.88. The summed E-state index contributed by atoms with van der Waals surface area (Å²) in [4.78, 5) is 0. The molecule has 3 heterocycles. The van der Waals surface area contributed by atoms with Crippen LogP contribution in [0.4, 0.5) is 0 Å². The normalized spacial score (nSPS) is 17.8. The Labute approximate surface area is 206 Å². The van der Waals surface area contributed by atoms with Crippen LogP contribution >= 0.6 is 11.6 Å². The average molecular weight is 501 g/mol. The number of piperidine rings is 1. The van der Waals surface area contributed by atoms with E-state index in [4.69, 9.17) is 21.4 Å². The summed E-state index contributed by atoms with van der Waals surface area (Å²) in [7, 11) is -1.91. The molecule has 0 saturated carbocycles. The summed E-state index contributed by atoms with van der Waals surface area (Å²) in [5, 5.41) is 5.54. The fraction of sp³-hybridized carbons (Fsp3) is 0.400. The van der Waals surface area contributed by atoms with Crippen molar-refractivity contribution in [2.24, 2.45) is 5.92 Å². The summed E-state index contributed by atoms with van der Waals surface area (Å²) in [5.74, 6) is 1.27. The van der Waals surface area contributed by atoms with E-state index in [0.29, 0.717) is 29.8 Å². The number of benzene rings is 2. The standard InChI is InChI=1S/C25H29ClN4O3S/c1-17-10-12-28(13-11-17)34(31,32)29-15-21-22(16-29)27-30(23-9-4-18(2)14-24(23)33-3)25(21)19-5-7-20(26)8-6-19/h4-9,14,17H,10-13,15-16H2,1-3H3. The zero-order chi connectivity index (χ0) is 24.0. The molecular formula is C25H29ClN4O3S. The van der Waals surface area contributed by atoms with Crippen molar-refractivity contribution in [1.82, 2.24) is 18.4 Å². The van der Waals surface area contributed by atoms with Crippen molar-refractivity contribution in [1.29, 1.82) is 0 Å². The summed E-state index contributed by atoms with van der Waals surface area (Å²) in [6.07, 6.45) is 1.79. The van der Waals surface area contributed by atoms with Crippen LogP contribution in [-0.2, 0) is 23.3 Å². The number of hydrogen-bond acceptors (Lipinski definition) is 4. The van der Waals surface area contributed by atoms with Gasteiger partial charge in [-0.1, -0.05) is 36.7 Å². The van der Waals surface area contributed by atoms with Crippen LogP contribution < -0.4 is 4.74 Å². The zero-order valence-corrected chi connectivity index (χ0v) is 21.2. The van der Waals surface area contributed by atoms with Crippen LogP contribution in [0.2, 0.25) is 5.02 Å². The predicted octanol–water partition coefficient (Wildman–Crippen LogP) is 4.80. The largest absolute Gasteiger partial charge is 0.494 e. The van der Waals surface area contributed by atoms with Crippen LogP contribution in [0.3, 0.4) is 0 Å². The summed E-state index contributed by atoms with van der Waals surface area (Å²) in [5.41, 5.74) is 5.36. The number of halogens is 1. The Bertz CT molecular complexity index is 1310. The first-order valence-electron chi connectivity index (χ1n) is 11.5. The molecule has 1 fully saturated rings. The second-order valence-electron chi connectivity index (χ2n) is 9.23. The van der Waals surface area contributed by atoms with Gasteiger partial charge in [0.05, 0.1) is 25.0 Å². The Morgan fingerprint density at radius 1 is 1.03 bits per heavy atom. The molecule has 0 N–H and O–H groups in total. The minimum atomic E-state index is -3.55. The van der Waals surface area contributed by atoms with Gasteiger partial charge in [-0.15, -0.1) is 0 Å². The van der Waals surface area contributed by atoms with Crippen LogP contribution in [0.1, 0.15) is 36.6 Å². The molecule has 0 spiro atoms. The maximum absolute atomic E-state index is 13.4. The predicted molar refractivity (Wildman–Crippen MR) is 133 cm³/mol. The molecule has 5 rings (SSSR count). The van der Waals surface area contributed by atoms with Gasteiger partial charge in [0.25, 0.3) is 10.2 Å². The summed E-state index contributed by atoms with van der Waals surface area (Å²) < 4.78 is 37.6. The highest BCUT2D eigenvalue weighted by atomic mass is 35.5. The molecule has 0 radical (unpaired) electrons. The SMILES string of the molecule is COc1cc(C)ccc1-n1nc2c(c1-c1ccc(Cl)cc1)CN(S(=O)(=O)N1CCC(C)CC1)C2. The van der Waals surface area contributed by atoms with E-state index in [0.717, 1.165) is 46.6 Å². The fourth-order valence-corrected chi connectivity index (χ4v) is 6.47. The molecule has 0 aliphatic carbocycles. The second kappa shape index (κ2) is 9.00. The molecule has 0 amide bonds. The number of nitrogens with zero attached hydrogens (tertiary/aromatic N) is 4. The van der Waals surface area contributed by atoms with Gasteiger partial charge in [0.15, 0.2) is 0 Å². The van der Waals surface area contributed by atoms with E-state index < -0.39 is 10.2 Å². The van der Waals surface area contributed by atoms with E-state index in [1.165, 1.54) is 0 Å². The number of aromatic nitrogens is 2. The molecule has 0 bridgehead atoms. The van der Waals surface area contributed by atoms with Crippen LogP contribution in [0, 0.1) is 12.8 Å². The maximum Gasteiger partial charge on any atom is 0.282 e. The first-order valence-corrected chi connectivity index (χ1v) is 13.3. The molecular weight excluding hydrogens is 472 g/mol. The Hall–Kier alpha value is -2.39. The van der Waals surface area contributed by atoms with Crippen LogP contribution in [0.15, 0.2) is 42.5 Å². The topological polar surface area (TPSA) is 67.7 Å². The smallest absolute Gasteiger partial charge is 0.282 e. The number of rotatable bonds is 5. The third kappa shape index (κ3) is 4.13. The molecule has 2 aliphatic rings. The lowest BCUT2D eigenvalue weighted by Crippen LogP contribution is -2.45. The fourth-order valence-electron chi connectivity index (χ4n) is 4.77. The van der Waals surface area contributed by atoms with E-state index in [2.05, 4.69) is 6.92 Å². The van der Waals surface area contributed by atoms with Crippen LogP contribution in [-0.4, -0.2) is 47.0 Å². The van der Waals surface area contributed by atoms with E-state index >= 15 is 0 Å².